The summed E-state index contributed by atoms with van der Waals surface area (Å²) < 4.78 is 38.9. The fourth-order valence-electron chi connectivity index (χ4n) is 3.23. The Morgan fingerprint density at radius 2 is 1.88 bits per heavy atom. The van der Waals surface area contributed by atoms with E-state index in [1.54, 1.807) is 30.3 Å². The lowest BCUT2D eigenvalue weighted by atomic mass is 10.2. The number of halogens is 2. The minimum atomic E-state index is -4.12. The number of rotatable bonds is 10. The van der Waals surface area contributed by atoms with Crippen molar-refractivity contribution in [1.82, 2.24) is 9.29 Å². The smallest absolute Gasteiger partial charge is 0.321 e. The number of pyridine rings is 1. The van der Waals surface area contributed by atoms with Crippen LogP contribution >= 0.6 is 23.2 Å². The molecule has 3 aromatic rings. The van der Waals surface area contributed by atoms with E-state index in [9.17, 15) is 13.2 Å². The predicted molar refractivity (Wildman–Crippen MR) is 128 cm³/mol. The molecular weight excluding hydrogens is 487 g/mol. The number of aromatic nitrogens is 1. The van der Waals surface area contributed by atoms with Gasteiger partial charge in [-0.1, -0.05) is 60.8 Å². The molecule has 0 atom stereocenters. The summed E-state index contributed by atoms with van der Waals surface area (Å²) in [7, 11) is -2.62. The number of sulfonamides is 1. The van der Waals surface area contributed by atoms with Crippen molar-refractivity contribution in [3.8, 4) is 5.75 Å². The van der Waals surface area contributed by atoms with Crippen LogP contribution in [0.15, 0.2) is 53.6 Å². The number of benzene rings is 2. The average molecular weight is 511 g/mol. The molecule has 0 saturated carbocycles. The molecule has 3 rings (SSSR count). The highest BCUT2D eigenvalue weighted by Gasteiger charge is 2.29. The summed E-state index contributed by atoms with van der Waals surface area (Å²) in [4.78, 5) is 16.4. The SMILES string of the molecule is CCCCOC(=O)CN(Cc1ccccc1OC)S(=O)(=O)c1ccc2c(Cl)cnc(Cl)c2c1. The zero-order valence-electron chi connectivity index (χ0n) is 18.3. The van der Waals surface area contributed by atoms with Gasteiger partial charge in [-0.25, -0.2) is 13.4 Å². The first-order valence-corrected chi connectivity index (χ1v) is 12.5. The van der Waals surface area contributed by atoms with Crippen LogP contribution in [-0.2, 0) is 26.1 Å². The molecule has 0 N–H and O–H groups in total. The molecule has 1 aromatic heterocycles. The molecule has 0 unspecified atom stereocenters. The van der Waals surface area contributed by atoms with E-state index in [1.165, 1.54) is 25.4 Å². The van der Waals surface area contributed by atoms with Crippen molar-refractivity contribution in [1.29, 1.82) is 0 Å². The van der Waals surface area contributed by atoms with Gasteiger partial charge in [0.25, 0.3) is 0 Å². The standard InChI is InChI=1S/C23H24Cl2N2O5S/c1-3-4-11-32-22(28)15-27(14-16-7-5-6-8-21(16)31-2)33(29,30)17-9-10-18-19(12-17)23(25)26-13-20(18)24/h5-10,12-13H,3-4,11,14-15H2,1-2H3. The van der Waals surface area contributed by atoms with E-state index in [0.29, 0.717) is 33.5 Å². The van der Waals surface area contributed by atoms with Gasteiger partial charge < -0.3 is 9.47 Å². The Morgan fingerprint density at radius 3 is 2.61 bits per heavy atom. The van der Waals surface area contributed by atoms with Crippen molar-refractivity contribution in [3.63, 3.8) is 0 Å². The maximum atomic E-state index is 13.6. The van der Waals surface area contributed by atoms with E-state index >= 15 is 0 Å². The summed E-state index contributed by atoms with van der Waals surface area (Å²) in [5.41, 5.74) is 0.605. The van der Waals surface area contributed by atoms with Gasteiger partial charge in [-0.2, -0.15) is 4.31 Å². The Hall–Kier alpha value is -2.39. The Kier molecular flexibility index (Phi) is 8.53. The van der Waals surface area contributed by atoms with Gasteiger partial charge in [0.1, 0.15) is 17.4 Å². The molecular formula is C23H24Cl2N2O5S. The number of nitrogens with zero attached hydrogens (tertiary/aromatic N) is 2. The van der Waals surface area contributed by atoms with Crippen molar-refractivity contribution in [2.24, 2.45) is 0 Å². The van der Waals surface area contributed by atoms with Crippen molar-refractivity contribution in [2.75, 3.05) is 20.3 Å². The van der Waals surface area contributed by atoms with Gasteiger partial charge in [0.15, 0.2) is 0 Å². The average Bonchev–Trinajstić information content (AvgIpc) is 2.81. The number of methoxy groups -OCH3 is 1. The number of ether oxygens (including phenoxy) is 2. The molecule has 0 aliphatic carbocycles. The molecule has 10 heteroatoms. The summed E-state index contributed by atoms with van der Waals surface area (Å²) >= 11 is 12.4. The Balaban J connectivity index is 2.01. The number of esters is 1. The third kappa shape index (κ3) is 5.95. The summed E-state index contributed by atoms with van der Waals surface area (Å²) in [5, 5.41) is 1.45. The summed E-state index contributed by atoms with van der Waals surface area (Å²) in [6.45, 7) is 1.66. The second-order valence-electron chi connectivity index (χ2n) is 7.26. The summed E-state index contributed by atoms with van der Waals surface area (Å²) in [6.07, 6.45) is 2.95. The van der Waals surface area contributed by atoms with E-state index < -0.39 is 22.5 Å². The van der Waals surface area contributed by atoms with Crippen LogP contribution in [0.2, 0.25) is 10.2 Å². The van der Waals surface area contributed by atoms with Gasteiger partial charge in [0.2, 0.25) is 10.0 Å². The third-order valence-corrected chi connectivity index (χ3v) is 7.40. The molecule has 7 nitrogen and oxygen atoms in total. The molecule has 0 saturated heterocycles. The quantitative estimate of drug-likeness (QED) is 0.214. The van der Waals surface area contributed by atoms with Crippen LogP contribution in [0.4, 0.5) is 0 Å². The third-order valence-electron chi connectivity index (χ3n) is 5.01. The molecule has 0 aliphatic rings. The van der Waals surface area contributed by atoms with Crippen molar-refractivity contribution < 1.29 is 22.7 Å². The number of para-hydroxylation sites is 1. The van der Waals surface area contributed by atoms with E-state index in [-0.39, 0.29) is 23.2 Å². The molecule has 0 aliphatic heterocycles. The Labute approximate surface area is 203 Å². The first-order chi connectivity index (χ1) is 15.8. The van der Waals surface area contributed by atoms with Gasteiger partial charge in [-0.15, -0.1) is 0 Å². The Morgan fingerprint density at radius 1 is 1.12 bits per heavy atom. The monoisotopic (exact) mass is 510 g/mol. The van der Waals surface area contributed by atoms with Gasteiger partial charge in [-0.3, -0.25) is 4.79 Å². The molecule has 0 radical (unpaired) electrons. The topological polar surface area (TPSA) is 85.8 Å². The highest BCUT2D eigenvalue weighted by Crippen LogP contribution is 2.31. The highest BCUT2D eigenvalue weighted by molar-refractivity contribution is 7.89. The molecule has 0 spiro atoms. The van der Waals surface area contributed by atoms with Gasteiger partial charge in [0.05, 0.1) is 23.6 Å². The zero-order valence-corrected chi connectivity index (χ0v) is 20.6. The van der Waals surface area contributed by atoms with Crippen LogP contribution < -0.4 is 4.74 Å². The number of hydrogen-bond donors (Lipinski definition) is 0. The first kappa shape index (κ1) is 25.2. The fourth-order valence-corrected chi connectivity index (χ4v) is 5.04. The lowest BCUT2D eigenvalue weighted by molar-refractivity contribution is -0.144. The van der Waals surface area contributed by atoms with Crippen LogP contribution in [0.25, 0.3) is 10.8 Å². The van der Waals surface area contributed by atoms with Crippen LogP contribution in [0.3, 0.4) is 0 Å². The molecule has 0 bridgehead atoms. The molecule has 2 aromatic carbocycles. The lowest BCUT2D eigenvalue weighted by Crippen LogP contribution is -2.36. The maximum Gasteiger partial charge on any atom is 0.321 e. The van der Waals surface area contributed by atoms with Crippen molar-refractivity contribution in [2.45, 2.75) is 31.2 Å². The van der Waals surface area contributed by atoms with E-state index in [1.807, 2.05) is 6.92 Å². The minimum Gasteiger partial charge on any atom is -0.496 e. The van der Waals surface area contributed by atoms with Crippen LogP contribution in [0.5, 0.6) is 5.75 Å². The Bertz CT molecular complexity index is 1250. The van der Waals surface area contributed by atoms with Gasteiger partial charge in [0, 0.05) is 29.1 Å². The van der Waals surface area contributed by atoms with Crippen LogP contribution in [0, 0.1) is 0 Å². The second kappa shape index (κ2) is 11.2. The highest BCUT2D eigenvalue weighted by atomic mass is 35.5. The number of hydrogen-bond acceptors (Lipinski definition) is 6. The normalized spacial score (nSPS) is 11.7. The van der Waals surface area contributed by atoms with E-state index in [0.717, 1.165) is 10.7 Å². The number of carbonyl (C=O) groups is 1. The largest absolute Gasteiger partial charge is 0.496 e. The summed E-state index contributed by atoms with van der Waals surface area (Å²) in [5.74, 6) is -0.125. The number of carbonyl (C=O) groups excluding carboxylic acids is 1. The van der Waals surface area contributed by atoms with E-state index in [2.05, 4.69) is 4.98 Å². The molecule has 0 fully saturated rings. The minimum absolute atomic E-state index is 0.0442. The number of fused-ring (bicyclic) bond motifs is 1. The predicted octanol–water partition coefficient (Wildman–Crippen LogP) is 5.08. The molecule has 0 amide bonds. The molecule has 1 heterocycles. The first-order valence-electron chi connectivity index (χ1n) is 10.3. The number of unbranched alkanes of at least 4 members (excludes halogenated alkanes) is 1. The van der Waals surface area contributed by atoms with Crippen LogP contribution in [-0.4, -0.2) is 43.9 Å². The molecule has 176 valence electrons. The van der Waals surface area contributed by atoms with Crippen molar-refractivity contribution >= 4 is 50.0 Å². The van der Waals surface area contributed by atoms with Crippen molar-refractivity contribution in [3.05, 3.63) is 64.4 Å². The summed E-state index contributed by atoms with van der Waals surface area (Å²) in [6, 6.07) is 11.4. The lowest BCUT2D eigenvalue weighted by Gasteiger charge is -2.23. The van der Waals surface area contributed by atoms with Gasteiger partial charge >= 0.3 is 5.97 Å². The zero-order chi connectivity index (χ0) is 24.0. The maximum absolute atomic E-state index is 13.6. The second-order valence-corrected chi connectivity index (χ2v) is 9.97. The fraction of sp³-hybridized carbons (Fsp3) is 0.304. The molecule has 33 heavy (non-hydrogen) atoms. The van der Waals surface area contributed by atoms with Gasteiger partial charge in [-0.05, 0) is 24.6 Å². The van der Waals surface area contributed by atoms with Crippen LogP contribution in [0.1, 0.15) is 25.3 Å². The van der Waals surface area contributed by atoms with E-state index in [4.69, 9.17) is 32.7 Å².